The molecule has 0 aliphatic rings. The van der Waals surface area contributed by atoms with E-state index in [2.05, 4.69) is 12.0 Å². The van der Waals surface area contributed by atoms with Crippen molar-refractivity contribution in [2.24, 2.45) is 13.0 Å². The average molecular weight is 223 g/mol. The predicted molar refractivity (Wildman–Crippen MR) is 65.3 cm³/mol. The quantitative estimate of drug-likeness (QED) is 0.767. The van der Waals surface area contributed by atoms with Gasteiger partial charge in [0.15, 0.2) is 5.82 Å². The van der Waals surface area contributed by atoms with Gasteiger partial charge in [0.25, 0.3) is 0 Å². The summed E-state index contributed by atoms with van der Waals surface area (Å²) in [6.45, 7) is 6.72. The zero-order valence-corrected chi connectivity index (χ0v) is 10.6. The second-order valence-electron chi connectivity index (χ2n) is 4.35. The standard InChI is InChI=1S/C12H21N3O/c1-5-6-8-15(12(16)10(2)3)11-7-9-14(4)13-11/h7,9-10H,5-6,8H2,1-4H3. The number of aromatic nitrogens is 2. The zero-order chi connectivity index (χ0) is 12.1. The Labute approximate surface area is 97.2 Å². The number of hydrogen-bond acceptors (Lipinski definition) is 2. The van der Waals surface area contributed by atoms with E-state index in [4.69, 9.17) is 0 Å². The zero-order valence-electron chi connectivity index (χ0n) is 10.6. The fraction of sp³-hybridized carbons (Fsp3) is 0.667. The molecule has 16 heavy (non-hydrogen) atoms. The topological polar surface area (TPSA) is 38.1 Å². The SMILES string of the molecule is CCCCN(C(=O)C(C)C)c1ccn(C)n1. The van der Waals surface area contributed by atoms with Crippen molar-refractivity contribution in [3.8, 4) is 0 Å². The molecule has 0 fully saturated rings. The van der Waals surface area contributed by atoms with Gasteiger partial charge in [-0.2, -0.15) is 5.10 Å². The first-order chi connectivity index (χ1) is 7.56. The molecule has 0 unspecified atom stereocenters. The van der Waals surface area contributed by atoms with Crippen LogP contribution in [0.4, 0.5) is 5.82 Å². The Bertz CT molecular complexity index is 344. The molecule has 0 N–H and O–H groups in total. The van der Waals surface area contributed by atoms with Crippen LogP contribution in [0, 0.1) is 5.92 Å². The van der Waals surface area contributed by atoms with E-state index in [0.29, 0.717) is 0 Å². The van der Waals surface area contributed by atoms with Crippen molar-refractivity contribution in [3.63, 3.8) is 0 Å². The third-order valence-corrected chi connectivity index (χ3v) is 2.47. The van der Waals surface area contributed by atoms with E-state index >= 15 is 0 Å². The van der Waals surface area contributed by atoms with Crippen molar-refractivity contribution >= 4 is 11.7 Å². The van der Waals surface area contributed by atoms with E-state index in [9.17, 15) is 4.79 Å². The molecule has 0 aromatic carbocycles. The van der Waals surface area contributed by atoms with E-state index in [1.165, 1.54) is 0 Å². The minimum atomic E-state index is 0.0128. The van der Waals surface area contributed by atoms with E-state index in [1.54, 1.807) is 9.58 Å². The van der Waals surface area contributed by atoms with Gasteiger partial charge in [0.2, 0.25) is 5.91 Å². The molecule has 0 saturated carbocycles. The molecule has 1 amide bonds. The lowest BCUT2D eigenvalue weighted by Gasteiger charge is -2.21. The van der Waals surface area contributed by atoms with E-state index in [0.717, 1.165) is 25.2 Å². The molecule has 1 aromatic rings. The molecule has 1 aromatic heterocycles. The van der Waals surface area contributed by atoms with Crippen LogP contribution in [0.5, 0.6) is 0 Å². The Morgan fingerprint density at radius 1 is 1.56 bits per heavy atom. The molecule has 4 nitrogen and oxygen atoms in total. The molecule has 1 rings (SSSR count). The van der Waals surface area contributed by atoms with Crippen LogP contribution in [-0.4, -0.2) is 22.2 Å². The van der Waals surface area contributed by atoms with Crippen molar-refractivity contribution < 1.29 is 4.79 Å². The number of unbranched alkanes of at least 4 members (excludes halogenated alkanes) is 1. The van der Waals surface area contributed by atoms with Gasteiger partial charge in [-0.05, 0) is 6.42 Å². The molecular formula is C12H21N3O. The van der Waals surface area contributed by atoms with Crippen LogP contribution in [0.25, 0.3) is 0 Å². The molecule has 0 aliphatic heterocycles. The van der Waals surface area contributed by atoms with Gasteiger partial charge in [-0.3, -0.25) is 14.4 Å². The number of carbonyl (C=O) groups is 1. The van der Waals surface area contributed by atoms with E-state index in [-0.39, 0.29) is 11.8 Å². The number of hydrogen-bond donors (Lipinski definition) is 0. The van der Waals surface area contributed by atoms with Gasteiger partial charge in [0.05, 0.1) is 0 Å². The Morgan fingerprint density at radius 2 is 2.25 bits per heavy atom. The number of carbonyl (C=O) groups excluding carboxylic acids is 1. The summed E-state index contributed by atoms with van der Waals surface area (Å²) in [7, 11) is 1.86. The lowest BCUT2D eigenvalue weighted by atomic mass is 10.2. The van der Waals surface area contributed by atoms with Gasteiger partial charge in [0, 0.05) is 31.8 Å². The highest BCUT2D eigenvalue weighted by molar-refractivity contribution is 5.93. The molecule has 0 radical (unpaired) electrons. The largest absolute Gasteiger partial charge is 0.295 e. The van der Waals surface area contributed by atoms with Crippen LogP contribution >= 0.6 is 0 Å². The maximum atomic E-state index is 12.0. The van der Waals surface area contributed by atoms with Crippen molar-refractivity contribution in [2.75, 3.05) is 11.4 Å². The normalized spacial score (nSPS) is 10.8. The summed E-state index contributed by atoms with van der Waals surface area (Å²) in [5, 5.41) is 4.29. The van der Waals surface area contributed by atoms with Crippen LogP contribution in [0.2, 0.25) is 0 Å². The third-order valence-electron chi connectivity index (χ3n) is 2.47. The van der Waals surface area contributed by atoms with Gasteiger partial charge in [0.1, 0.15) is 0 Å². The summed E-state index contributed by atoms with van der Waals surface area (Å²) in [6.07, 6.45) is 3.95. The lowest BCUT2D eigenvalue weighted by molar-refractivity contribution is -0.121. The highest BCUT2D eigenvalue weighted by Crippen LogP contribution is 2.14. The number of amides is 1. The maximum absolute atomic E-state index is 12.0. The molecule has 0 bridgehead atoms. The van der Waals surface area contributed by atoms with E-state index < -0.39 is 0 Å². The van der Waals surface area contributed by atoms with Gasteiger partial charge < -0.3 is 0 Å². The van der Waals surface area contributed by atoms with Crippen molar-refractivity contribution in [2.45, 2.75) is 33.6 Å². The molecule has 0 saturated heterocycles. The Hall–Kier alpha value is -1.32. The first kappa shape index (κ1) is 12.7. The Balaban J connectivity index is 2.82. The summed E-state index contributed by atoms with van der Waals surface area (Å²) < 4.78 is 1.72. The smallest absolute Gasteiger partial charge is 0.230 e. The second-order valence-corrected chi connectivity index (χ2v) is 4.35. The Morgan fingerprint density at radius 3 is 2.69 bits per heavy atom. The molecule has 90 valence electrons. The number of nitrogens with zero attached hydrogens (tertiary/aromatic N) is 3. The molecule has 1 heterocycles. The molecule has 0 aliphatic carbocycles. The first-order valence-electron chi connectivity index (χ1n) is 5.87. The van der Waals surface area contributed by atoms with Crippen LogP contribution in [0.1, 0.15) is 33.6 Å². The lowest BCUT2D eigenvalue weighted by Crippen LogP contribution is -2.35. The van der Waals surface area contributed by atoms with Crippen LogP contribution in [-0.2, 0) is 11.8 Å². The fourth-order valence-electron chi connectivity index (χ4n) is 1.51. The number of rotatable bonds is 5. The van der Waals surface area contributed by atoms with Crippen molar-refractivity contribution in [1.29, 1.82) is 0 Å². The summed E-state index contributed by atoms with van der Waals surface area (Å²) >= 11 is 0. The summed E-state index contributed by atoms with van der Waals surface area (Å²) in [6, 6.07) is 1.88. The van der Waals surface area contributed by atoms with Crippen LogP contribution in [0.15, 0.2) is 12.3 Å². The van der Waals surface area contributed by atoms with Gasteiger partial charge >= 0.3 is 0 Å². The maximum Gasteiger partial charge on any atom is 0.230 e. The van der Waals surface area contributed by atoms with Gasteiger partial charge in [-0.25, -0.2) is 0 Å². The predicted octanol–water partition coefficient (Wildman–Crippen LogP) is 2.21. The van der Waals surface area contributed by atoms with Crippen LogP contribution < -0.4 is 4.90 Å². The summed E-state index contributed by atoms with van der Waals surface area (Å²) in [5.41, 5.74) is 0. The summed E-state index contributed by atoms with van der Waals surface area (Å²) in [4.78, 5) is 13.8. The third kappa shape index (κ3) is 3.08. The van der Waals surface area contributed by atoms with Crippen LogP contribution in [0.3, 0.4) is 0 Å². The Kier molecular flexibility index (Phi) is 4.52. The molecule has 0 spiro atoms. The fourth-order valence-corrected chi connectivity index (χ4v) is 1.51. The van der Waals surface area contributed by atoms with Gasteiger partial charge in [-0.15, -0.1) is 0 Å². The van der Waals surface area contributed by atoms with Crippen molar-refractivity contribution in [3.05, 3.63) is 12.3 Å². The van der Waals surface area contributed by atoms with Gasteiger partial charge in [-0.1, -0.05) is 27.2 Å². The minimum Gasteiger partial charge on any atom is -0.295 e. The molecule has 0 atom stereocenters. The summed E-state index contributed by atoms with van der Waals surface area (Å²) in [5.74, 6) is 0.917. The number of aryl methyl sites for hydroxylation is 1. The average Bonchev–Trinajstić information content (AvgIpc) is 2.65. The van der Waals surface area contributed by atoms with Crippen molar-refractivity contribution in [1.82, 2.24) is 9.78 Å². The highest BCUT2D eigenvalue weighted by atomic mass is 16.2. The first-order valence-corrected chi connectivity index (χ1v) is 5.87. The van der Waals surface area contributed by atoms with E-state index in [1.807, 2.05) is 33.2 Å². The second kappa shape index (κ2) is 5.68. The molecular weight excluding hydrogens is 202 g/mol. The monoisotopic (exact) mass is 223 g/mol. The highest BCUT2D eigenvalue weighted by Gasteiger charge is 2.19. The minimum absolute atomic E-state index is 0.0128. The number of anilines is 1. The molecule has 4 heteroatoms.